The van der Waals surface area contributed by atoms with E-state index in [1.54, 1.807) is 7.06 Å². The predicted molar refractivity (Wildman–Crippen MR) is 483 cm³/mol. The topological polar surface area (TPSA) is 0 Å². The first-order valence-corrected chi connectivity index (χ1v) is 27.7. The van der Waals surface area contributed by atoms with E-state index in [0.717, 1.165) is 7.06 Å². The highest BCUT2D eigenvalue weighted by Crippen LogP contribution is 2.25. The van der Waals surface area contributed by atoms with Crippen molar-refractivity contribution in [3.8, 4) is 0 Å². The van der Waals surface area contributed by atoms with Crippen LogP contribution in [-0.2, 0) is 0 Å². The highest BCUT2D eigenvalue weighted by molar-refractivity contribution is 8.38. The molecule has 0 saturated heterocycles. The molecule has 0 aromatic heterocycles. The van der Waals surface area contributed by atoms with Gasteiger partial charge in [-0.25, -0.2) is 0 Å². The van der Waals surface area contributed by atoms with Crippen LogP contribution < -0.4 is 0 Å². The molecule has 252 valence electrons. The normalized spacial score (nSPS) is 9.76. The Hall–Kier alpha value is 5.45. The van der Waals surface area contributed by atoms with Gasteiger partial charge in [-0.1, -0.05) is 0 Å². The molecule has 0 fully saturated rings. The number of hydrogen-bond acceptors (Lipinski definition) is 0. The Morgan fingerprint density at radius 2 is 0.238 bits per heavy atom. The molecule has 0 saturated carbocycles. The largest absolute Gasteiger partial charge is 0 e. The smallest absolute Gasteiger partial charge is 0 e. The third kappa shape index (κ3) is 24.5. The number of rotatable bonds is 41. The highest BCUT2D eigenvalue weighted by Gasteiger charge is 2.63. The van der Waals surface area contributed by atoms with Gasteiger partial charge >= 0.3 is 0 Å². The van der Waals surface area contributed by atoms with Gasteiger partial charge in [-0.15, -0.1) is 0 Å². The Morgan fingerprint density at radius 3 is 0.369 bits per heavy atom. The van der Waals surface area contributed by atoms with Crippen LogP contribution in [-0.4, -0.2) is 594 Å². The van der Waals surface area contributed by atoms with Gasteiger partial charge in [0.25, 0.3) is 0 Å². The fourth-order valence-electron chi connectivity index (χ4n) is 14.5. The average molecular weight is 908 g/mol. The molecule has 84 heavy (non-hydrogen) atoms. The third-order valence-electron chi connectivity index (χ3n) is 17.6. The van der Waals surface area contributed by atoms with Crippen molar-refractivity contribution in [3.05, 3.63) is 0 Å². The molecule has 0 N–H and O–H groups in total. The lowest BCUT2D eigenvalue weighted by atomic mass is 8.23. The summed E-state index contributed by atoms with van der Waals surface area (Å²) in [7, 11) is 289. The molecule has 0 aromatic carbocycles. The van der Waals surface area contributed by atoms with Crippen molar-refractivity contribution < 1.29 is 0 Å². The van der Waals surface area contributed by atoms with Crippen LogP contribution in [0.5, 0.6) is 0 Å². The van der Waals surface area contributed by atoms with Crippen LogP contribution in [0.3, 0.4) is 0 Å². The predicted octanol–water partition coefficient (Wildman–Crippen LogP) is -32.0. The van der Waals surface area contributed by atoms with Crippen LogP contribution in [0.2, 0.25) is 0 Å². The Morgan fingerprint density at radius 1 is 0.131 bits per heavy atom. The van der Waals surface area contributed by atoms with E-state index in [1.165, 1.54) is 0 Å². The van der Waals surface area contributed by atoms with Crippen molar-refractivity contribution in [2.45, 2.75) is 0 Å². The molecule has 0 aliphatic rings. The minimum Gasteiger partial charge on any atom is 0 e. The molecule has 0 nitrogen and oxygen atoms in total. The molecule has 0 heterocycles. The van der Waals surface area contributed by atoms with E-state index in [-0.39, 0.29) is 0 Å². The summed E-state index contributed by atoms with van der Waals surface area (Å²) in [4.78, 5) is 0. The molecule has 0 aliphatic heterocycles. The summed E-state index contributed by atoms with van der Waals surface area (Å²) in [6, 6.07) is 0. The van der Waals surface area contributed by atoms with Gasteiger partial charge < -0.3 is 0 Å². The average Bonchev–Trinajstić information content (AvgIpc) is 3.28. The lowest BCUT2D eigenvalue weighted by Crippen LogP contribution is -2.96. The summed E-state index contributed by atoms with van der Waals surface area (Å²) in [6.07, 6.45) is -64.0. The molecule has 84 heteroatoms. The maximum Gasteiger partial charge on any atom is 0 e. The second kappa shape index (κ2) is 41.6. The Bertz CT molecular complexity index is 1400. The molecule has 0 spiro atoms. The van der Waals surface area contributed by atoms with E-state index in [0.29, 0.717) is 0 Å². The molecule has 0 aliphatic carbocycles. The monoisotopic (exact) mass is 925 g/mol. The maximum absolute atomic E-state index is 7.24. The molecule has 0 atom stereocenters. The Labute approximate surface area is 588 Å². The molecular formula is B84. The highest BCUT2D eigenvalue weighted by atomic mass is 13.4. The summed E-state index contributed by atoms with van der Waals surface area (Å²) < 4.78 is 0. The summed E-state index contributed by atoms with van der Waals surface area (Å²) >= 11 is 0. The lowest BCUT2D eigenvalue weighted by Gasteiger charge is -2.58. The van der Waals surface area contributed by atoms with E-state index in [1.807, 2.05) is 0 Å². The van der Waals surface area contributed by atoms with Crippen molar-refractivity contribution in [2.75, 3.05) is 0 Å². The standard InChI is InChI=1S/B84/c1-43-65(42)78(68(45(2)3)46(4)5)81(73(55(22)23)56(24)25)67(82(83(74(57(26)27)58(28)29)75(59(30)31)60(32)33)84(76(61(34)35)62(36)37)77(63(38)39)64(40)41)44-66(79(69(47(6)7)48(8)9)70(49(10)11)50(12)13)80(71(51(14)15)52(16)17)72(53(18)19)54(20)21. The first kappa shape index (κ1) is 89.5. The van der Waals surface area contributed by atoms with Gasteiger partial charge in [0.2, 0.25) is 0 Å². The van der Waals surface area contributed by atoms with Crippen LogP contribution in [0.15, 0.2) is 0 Å². The maximum atomic E-state index is 7.24. The van der Waals surface area contributed by atoms with Gasteiger partial charge in [-0.05, 0) is 0 Å². The fourth-order valence-corrected chi connectivity index (χ4v) is 14.5. The SMILES string of the molecule is [B][B]B([B])B(B(B([B])[B])B([B])[B])B(B([B]B(B(B(B([B])[B])B([B])[B])B(B([B])[B])B([B])[B])B(B(B([B])[B])B([B])[B])B(B([B])[B])B([B])[B])B(B(B(B([B])[B])B([B])[B])B(B([B])[B])B([B])[B])B(B(B([B])[B])B([B])[B])B(B([B])[B])B([B])[B])B(B([B])[B])B([B])[B]. The van der Waals surface area contributed by atoms with Gasteiger partial charge in [0.05, 0.1) is 0 Å². The second-order valence-corrected chi connectivity index (χ2v) is 23.5. The molecule has 0 aromatic rings. The molecule has 0 bridgehead atoms. The van der Waals surface area contributed by atoms with Crippen LogP contribution >= 0.6 is 0 Å². The van der Waals surface area contributed by atoms with E-state index >= 15 is 0 Å². The summed E-state index contributed by atoms with van der Waals surface area (Å²) in [5, 5.41) is 0. The van der Waals surface area contributed by atoms with Crippen LogP contribution in [0.4, 0.5) is 0 Å². The minimum absolute atomic E-state index is 1.05. The molecule has 0 amide bonds. The van der Waals surface area contributed by atoms with E-state index in [9.17, 15) is 0 Å². The van der Waals surface area contributed by atoms with Crippen molar-refractivity contribution in [1.29, 1.82) is 0 Å². The summed E-state index contributed by atoms with van der Waals surface area (Å²) in [5.41, 5.74) is 0. The van der Waals surface area contributed by atoms with Crippen molar-refractivity contribution >= 4 is 594 Å². The first-order chi connectivity index (χ1) is 38.3. The Kier molecular flexibility index (Phi) is 44.4. The Balaban J connectivity index is 12.4. The van der Waals surface area contributed by atoms with Crippen LogP contribution in [0, 0.1) is 0 Å². The van der Waals surface area contributed by atoms with Crippen LogP contribution in [0.25, 0.3) is 0 Å². The van der Waals surface area contributed by atoms with E-state index < -0.39 is 255 Å². The zero-order chi connectivity index (χ0) is 66.5. The van der Waals surface area contributed by atoms with E-state index in [2.05, 4.69) is 0 Å². The van der Waals surface area contributed by atoms with Gasteiger partial charge in [-0.2, -0.15) is 0 Å². The third-order valence-corrected chi connectivity index (χ3v) is 17.6. The number of hydrogen-bond donors (Lipinski definition) is 0. The van der Waals surface area contributed by atoms with Gasteiger partial charge in [0, 0.05) is 594 Å². The fraction of sp³-hybridized carbons (Fsp3) is 0. The van der Waals surface area contributed by atoms with Crippen molar-refractivity contribution in [2.24, 2.45) is 0 Å². The summed E-state index contributed by atoms with van der Waals surface area (Å²) in [6.45, 7) is 0. The molecule has 0 unspecified atom stereocenters. The van der Waals surface area contributed by atoms with Crippen molar-refractivity contribution in [3.63, 3.8) is 0 Å². The first-order valence-electron chi connectivity index (χ1n) is 27.7. The van der Waals surface area contributed by atoms with Gasteiger partial charge in [-0.3, -0.25) is 0 Å². The van der Waals surface area contributed by atoms with Crippen molar-refractivity contribution in [1.82, 2.24) is 0 Å². The van der Waals surface area contributed by atoms with Gasteiger partial charge in [0.1, 0.15) is 0 Å². The van der Waals surface area contributed by atoms with E-state index in [4.69, 9.17) is 325 Å². The summed E-state index contributed by atoms with van der Waals surface area (Å²) in [5.74, 6) is 0. The van der Waals surface area contributed by atoms with Gasteiger partial charge in [0.15, 0.2) is 0 Å². The second-order valence-electron chi connectivity index (χ2n) is 23.5. The lowest BCUT2D eigenvalue weighted by molar-refractivity contribution is 3.17. The minimum atomic E-state index is -1.82. The molecule has 86 radical (unpaired) electrons. The molecular weight excluding hydrogens is 908 g/mol. The molecule has 0 rings (SSSR count). The quantitative estimate of drug-likeness (QED) is 0.0536. The zero-order valence-corrected chi connectivity index (χ0v) is 48.5. The van der Waals surface area contributed by atoms with Crippen LogP contribution in [0.1, 0.15) is 0 Å². The zero-order valence-electron chi connectivity index (χ0n) is 48.5.